The van der Waals surface area contributed by atoms with Crippen LogP contribution in [0.4, 0.5) is 5.69 Å². The molecule has 0 heterocycles. The van der Waals surface area contributed by atoms with Crippen molar-refractivity contribution in [1.82, 2.24) is 0 Å². The summed E-state index contributed by atoms with van der Waals surface area (Å²) < 4.78 is 6.58. The lowest BCUT2D eigenvalue weighted by Gasteiger charge is -2.13. The van der Waals surface area contributed by atoms with Crippen molar-refractivity contribution in [1.29, 1.82) is 0 Å². The van der Waals surface area contributed by atoms with Gasteiger partial charge < -0.3 is 10.1 Å². The maximum absolute atomic E-state index is 6.02. The molecule has 0 amide bonds. The zero-order valence-electron chi connectivity index (χ0n) is 10.8. The Morgan fingerprint density at radius 3 is 2.68 bits per heavy atom. The molecule has 0 radical (unpaired) electrons. The van der Waals surface area contributed by atoms with E-state index in [0.29, 0.717) is 6.54 Å². The van der Waals surface area contributed by atoms with Crippen LogP contribution in [0.1, 0.15) is 11.1 Å². The Morgan fingerprint density at radius 1 is 1.21 bits per heavy atom. The molecule has 0 saturated heterocycles. The van der Waals surface area contributed by atoms with Gasteiger partial charge in [-0.3, -0.25) is 0 Å². The van der Waals surface area contributed by atoms with Crippen LogP contribution in [0.5, 0.6) is 5.75 Å². The summed E-state index contributed by atoms with van der Waals surface area (Å²) in [7, 11) is 1.67. The van der Waals surface area contributed by atoms with Crippen molar-refractivity contribution in [3.63, 3.8) is 0 Å². The van der Waals surface area contributed by atoms with Crippen LogP contribution < -0.4 is 10.1 Å². The lowest BCUT2D eigenvalue weighted by molar-refractivity contribution is 0.410. The lowest BCUT2D eigenvalue weighted by Crippen LogP contribution is -2.03. The monoisotopic (exact) mass is 387 g/mol. The van der Waals surface area contributed by atoms with Crippen molar-refractivity contribution in [3.05, 3.63) is 56.1 Å². The molecule has 1 N–H and O–H groups in total. The van der Waals surface area contributed by atoms with Crippen molar-refractivity contribution in [2.24, 2.45) is 0 Å². The highest BCUT2D eigenvalue weighted by Gasteiger charge is 2.05. The summed E-state index contributed by atoms with van der Waals surface area (Å²) in [6.45, 7) is 2.78. The van der Waals surface area contributed by atoms with Gasteiger partial charge >= 0.3 is 0 Å². The van der Waals surface area contributed by atoms with E-state index in [-0.39, 0.29) is 0 Å². The number of methoxy groups -OCH3 is 1. The van der Waals surface area contributed by atoms with Gasteiger partial charge in [-0.25, -0.2) is 0 Å². The first-order valence-corrected chi connectivity index (χ1v) is 7.38. The minimum absolute atomic E-state index is 0.686. The molecule has 0 aliphatic heterocycles. The summed E-state index contributed by atoms with van der Waals surface area (Å²) in [5.74, 6) is 0.847. The zero-order chi connectivity index (χ0) is 13.8. The van der Waals surface area contributed by atoms with E-state index < -0.39 is 0 Å². The Hall–Kier alpha value is -0.940. The number of benzene rings is 2. The highest BCUT2D eigenvalue weighted by Crippen LogP contribution is 2.24. The molecular formula is C15H15ClINO. The van der Waals surface area contributed by atoms with Crippen LogP contribution in [0.2, 0.25) is 5.02 Å². The fourth-order valence-corrected chi connectivity index (χ4v) is 2.74. The second kappa shape index (κ2) is 6.48. The zero-order valence-corrected chi connectivity index (χ0v) is 13.7. The van der Waals surface area contributed by atoms with Crippen LogP contribution in [0.3, 0.4) is 0 Å². The molecule has 4 heteroatoms. The van der Waals surface area contributed by atoms with Gasteiger partial charge in [0, 0.05) is 26.4 Å². The molecule has 0 fully saturated rings. The number of hydrogen-bond donors (Lipinski definition) is 1. The van der Waals surface area contributed by atoms with E-state index in [0.717, 1.165) is 22.0 Å². The van der Waals surface area contributed by atoms with Crippen LogP contribution in [-0.4, -0.2) is 7.11 Å². The molecule has 0 bridgehead atoms. The molecule has 0 aliphatic rings. The van der Waals surface area contributed by atoms with Crippen molar-refractivity contribution >= 4 is 39.9 Å². The predicted molar refractivity (Wildman–Crippen MR) is 89.2 cm³/mol. The maximum Gasteiger partial charge on any atom is 0.123 e. The Bertz CT molecular complexity index is 586. The van der Waals surface area contributed by atoms with Gasteiger partial charge in [0.1, 0.15) is 5.75 Å². The Morgan fingerprint density at radius 2 is 2.00 bits per heavy atom. The first kappa shape index (κ1) is 14.5. The molecular weight excluding hydrogens is 373 g/mol. The van der Waals surface area contributed by atoms with E-state index in [1.807, 2.05) is 18.2 Å². The maximum atomic E-state index is 6.02. The van der Waals surface area contributed by atoms with Crippen LogP contribution in [-0.2, 0) is 6.54 Å². The largest absolute Gasteiger partial charge is 0.496 e. The summed E-state index contributed by atoms with van der Waals surface area (Å²) in [4.78, 5) is 0. The minimum Gasteiger partial charge on any atom is -0.496 e. The molecule has 2 rings (SSSR count). The minimum atomic E-state index is 0.686. The van der Waals surface area contributed by atoms with E-state index in [1.54, 1.807) is 7.11 Å². The van der Waals surface area contributed by atoms with Crippen molar-refractivity contribution < 1.29 is 4.74 Å². The third-order valence-corrected chi connectivity index (χ3v) is 3.81. The fourth-order valence-electron chi connectivity index (χ4n) is 1.90. The molecule has 19 heavy (non-hydrogen) atoms. The SMILES string of the molecule is COc1ccc(Cl)cc1CNc1ccc(I)cc1C. The summed E-state index contributed by atoms with van der Waals surface area (Å²) in [5, 5.41) is 4.14. The first-order valence-electron chi connectivity index (χ1n) is 5.92. The van der Waals surface area contributed by atoms with Crippen LogP contribution in [0.15, 0.2) is 36.4 Å². The molecule has 0 unspecified atom stereocenters. The number of aryl methyl sites for hydroxylation is 1. The molecule has 2 aromatic carbocycles. The average molecular weight is 388 g/mol. The highest BCUT2D eigenvalue weighted by atomic mass is 127. The molecule has 2 nitrogen and oxygen atoms in total. The van der Waals surface area contributed by atoms with Gasteiger partial charge in [0.15, 0.2) is 0 Å². The second-order valence-corrected chi connectivity index (χ2v) is 5.95. The van der Waals surface area contributed by atoms with Gasteiger partial charge in [0.05, 0.1) is 7.11 Å². The van der Waals surface area contributed by atoms with Gasteiger partial charge in [-0.1, -0.05) is 11.6 Å². The third kappa shape index (κ3) is 3.76. The summed E-state index contributed by atoms with van der Waals surface area (Å²) in [6.07, 6.45) is 0. The van der Waals surface area contributed by atoms with E-state index in [9.17, 15) is 0 Å². The van der Waals surface area contributed by atoms with Crippen LogP contribution in [0.25, 0.3) is 0 Å². The summed E-state index contributed by atoms with van der Waals surface area (Å²) >= 11 is 8.34. The molecule has 100 valence electrons. The number of halogens is 2. The fraction of sp³-hybridized carbons (Fsp3) is 0.200. The van der Waals surface area contributed by atoms with Gasteiger partial charge in [-0.05, 0) is 71.5 Å². The molecule has 0 aliphatic carbocycles. The molecule has 2 aromatic rings. The first-order chi connectivity index (χ1) is 9.10. The second-order valence-electron chi connectivity index (χ2n) is 4.27. The Balaban J connectivity index is 2.16. The third-order valence-electron chi connectivity index (χ3n) is 2.90. The van der Waals surface area contributed by atoms with Gasteiger partial charge in [-0.2, -0.15) is 0 Å². The number of hydrogen-bond acceptors (Lipinski definition) is 2. The van der Waals surface area contributed by atoms with Crippen LogP contribution in [0, 0.1) is 10.5 Å². The van der Waals surface area contributed by atoms with E-state index in [2.05, 4.69) is 53.0 Å². The molecule has 0 spiro atoms. The number of nitrogens with one attached hydrogen (secondary N) is 1. The number of anilines is 1. The molecule has 0 atom stereocenters. The van der Waals surface area contributed by atoms with E-state index >= 15 is 0 Å². The number of rotatable bonds is 4. The average Bonchev–Trinajstić information content (AvgIpc) is 2.38. The summed E-state index contributed by atoms with van der Waals surface area (Å²) in [5.41, 5.74) is 3.41. The van der Waals surface area contributed by atoms with Crippen molar-refractivity contribution in [2.75, 3.05) is 12.4 Å². The lowest BCUT2D eigenvalue weighted by atomic mass is 10.1. The molecule has 0 aromatic heterocycles. The molecule has 0 saturated carbocycles. The van der Waals surface area contributed by atoms with Crippen molar-refractivity contribution in [2.45, 2.75) is 13.5 Å². The van der Waals surface area contributed by atoms with E-state index in [4.69, 9.17) is 16.3 Å². The summed E-state index contributed by atoms with van der Waals surface area (Å²) in [6, 6.07) is 12.0. The Kier molecular flexibility index (Phi) is 4.93. The smallest absolute Gasteiger partial charge is 0.123 e. The number of ether oxygens (including phenoxy) is 1. The quantitative estimate of drug-likeness (QED) is 0.756. The topological polar surface area (TPSA) is 21.3 Å². The van der Waals surface area contributed by atoms with Crippen LogP contribution >= 0.6 is 34.2 Å². The predicted octanol–water partition coefficient (Wildman–Crippen LogP) is 4.87. The van der Waals surface area contributed by atoms with Gasteiger partial charge in [0.2, 0.25) is 0 Å². The highest BCUT2D eigenvalue weighted by molar-refractivity contribution is 14.1. The van der Waals surface area contributed by atoms with Gasteiger partial charge in [-0.15, -0.1) is 0 Å². The Labute approximate surface area is 132 Å². The van der Waals surface area contributed by atoms with E-state index in [1.165, 1.54) is 9.13 Å². The van der Waals surface area contributed by atoms with Crippen molar-refractivity contribution in [3.8, 4) is 5.75 Å². The van der Waals surface area contributed by atoms with Gasteiger partial charge in [0.25, 0.3) is 0 Å². The standard InChI is InChI=1S/C15H15ClINO/c1-10-7-13(17)4-5-14(10)18-9-11-8-12(16)3-6-15(11)19-2/h3-8,18H,9H2,1-2H3. The normalized spacial score (nSPS) is 10.3.